The van der Waals surface area contributed by atoms with Crippen LogP contribution in [0, 0.1) is 0 Å². The highest BCUT2D eigenvalue weighted by Gasteiger charge is 2.26. The molecule has 2 fully saturated rings. The lowest BCUT2D eigenvalue weighted by Crippen LogP contribution is -2.27. The monoisotopic (exact) mass is 319 g/mol. The lowest BCUT2D eigenvalue weighted by atomic mass is 10.2. The average Bonchev–Trinajstić information content (AvgIpc) is 3.19. The molecular formula is C18H29N3O2. The molecule has 0 bridgehead atoms. The largest absolute Gasteiger partial charge is 0.485 e. The van der Waals surface area contributed by atoms with Gasteiger partial charge in [-0.15, -0.1) is 0 Å². The number of likely N-dealkylation sites (tertiary alicyclic amines) is 1. The first-order valence-corrected chi connectivity index (χ1v) is 8.99. The van der Waals surface area contributed by atoms with Gasteiger partial charge in [-0.25, -0.2) is 4.98 Å². The van der Waals surface area contributed by atoms with Crippen molar-refractivity contribution >= 4 is 5.82 Å². The summed E-state index contributed by atoms with van der Waals surface area (Å²) in [6.07, 6.45) is 7.42. The number of hydrogen-bond acceptors (Lipinski definition) is 5. The van der Waals surface area contributed by atoms with Crippen LogP contribution in [0.3, 0.4) is 0 Å². The Morgan fingerprint density at radius 1 is 1.35 bits per heavy atom. The van der Waals surface area contributed by atoms with Crippen LogP contribution in [0.4, 0.5) is 5.82 Å². The number of rotatable bonds is 7. The Morgan fingerprint density at radius 3 is 2.96 bits per heavy atom. The molecule has 0 unspecified atom stereocenters. The molecule has 2 aliphatic rings. The fourth-order valence-electron chi connectivity index (χ4n) is 3.53. The Bertz CT molecular complexity index is 489. The second-order valence-electron chi connectivity index (χ2n) is 6.84. The summed E-state index contributed by atoms with van der Waals surface area (Å²) < 4.78 is 6.28. The van der Waals surface area contributed by atoms with Crippen molar-refractivity contribution in [3.8, 4) is 5.75 Å². The first-order chi connectivity index (χ1) is 11.2. The predicted octanol–water partition coefficient (Wildman–Crippen LogP) is 2.30. The van der Waals surface area contributed by atoms with Gasteiger partial charge in [0, 0.05) is 32.4 Å². The summed E-state index contributed by atoms with van der Waals surface area (Å²) in [6.45, 7) is 7.15. The van der Waals surface area contributed by atoms with Crippen LogP contribution in [-0.4, -0.2) is 59.9 Å². The number of hydrogen-bond donors (Lipinski definition) is 1. The number of aliphatic hydroxyl groups excluding tert-OH is 1. The minimum atomic E-state index is -0.192. The van der Waals surface area contributed by atoms with Crippen molar-refractivity contribution in [2.24, 2.45) is 0 Å². The van der Waals surface area contributed by atoms with E-state index in [1.54, 1.807) is 0 Å². The van der Waals surface area contributed by atoms with Crippen molar-refractivity contribution in [2.75, 3.05) is 37.6 Å². The lowest BCUT2D eigenvalue weighted by Gasteiger charge is -2.22. The molecule has 2 saturated heterocycles. The smallest absolute Gasteiger partial charge is 0.171 e. The SMILES string of the molecule is C[C@@H](O)CCCN1CC[C@@H](Oc2cccnc2N2CCCC2)C1. The van der Waals surface area contributed by atoms with E-state index in [2.05, 4.69) is 20.9 Å². The molecule has 2 aliphatic heterocycles. The molecule has 23 heavy (non-hydrogen) atoms. The van der Waals surface area contributed by atoms with E-state index in [1.165, 1.54) is 12.8 Å². The number of aliphatic hydroxyl groups is 1. The summed E-state index contributed by atoms with van der Waals surface area (Å²) in [4.78, 5) is 9.33. The quantitative estimate of drug-likeness (QED) is 0.836. The fourth-order valence-corrected chi connectivity index (χ4v) is 3.53. The zero-order chi connectivity index (χ0) is 16.1. The van der Waals surface area contributed by atoms with Gasteiger partial charge in [-0.2, -0.15) is 0 Å². The normalized spacial score (nSPS) is 23.4. The Labute approximate surface area is 139 Å². The van der Waals surface area contributed by atoms with E-state index < -0.39 is 0 Å². The third kappa shape index (κ3) is 4.58. The number of pyridine rings is 1. The molecule has 5 heteroatoms. The predicted molar refractivity (Wildman–Crippen MR) is 92.1 cm³/mol. The van der Waals surface area contributed by atoms with Crippen molar-refractivity contribution in [3.63, 3.8) is 0 Å². The van der Waals surface area contributed by atoms with Gasteiger partial charge in [0.2, 0.25) is 0 Å². The lowest BCUT2D eigenvalue weighted by molar-refractivity contribution is 0.169. The molecule has 0 aromatic carbocycles. The molecule has 0 spiro atoms. The van der Waals surface area contributed by atoms with Gasteiger partial charge >= 0.3 is 0 Å². The van der Waals surface area contributed by atoms with Gasteiger partial charge in [-0.3, -0.25) is 4.90 Å². The van der Waals surface area contributed by atoms with Gasteiger partial charge in [-0.1, -0.05) is 0 Å². The Morgan fingerprint density at radius 2 is 2.17 bits per heavy atom. The number of nitrogens with zero attached hydrogens (tertiary/aromatic N) is 3. The molecule has 0 aliphatic carbocycles. The third-order valence-electron chi connectivity index (χ3n) is 4.78. The van der Waals surface area contributed by atoms with Crippen molar-refractivity contribution < 1.29 is 9.84 Å². The minimum Gasteiger partial charge on any atom is -0.485 e. The maximum Gasteiger partial charge on any atom is 0.171 e. The fraction of sp³-hybridized carbons (Fsp3) is 0.722. The van der Waals surface area contributed by atoms with Crippen LogP contribution in [0.2, 0.25) is 0 Å². The average molecular weight is 319 g/mol. The minimum absolute atomic E-state index is 0.192. The maximum absolute atomic E-state index is 9.35. The number of ether oxygens (including phenoxy) is 1. The molecule has 0 saturated carbocycles. The van der Waals surface area contributed by atoms with E-state index in [0.29, 0.717) is 0 Å². The van der Waals surface area contributed by atoms with Crippen molar-refractivity contribution in [1.82, 2.24) is 9.88 Å². The molecule has 3 rings (SSSR count). The first-order valence-electron chi connectivity index (χ1n) is 8.99. The highest BCUT2D eigenvalue weighted by molar-refractivity contribution is 5.52. The molecular weight excluding hydrogens is 290 g/mol. The molecule has 3 heterocycles. The van der Waals surface area contributed by atoms with Crippen LogP contribution >= 0.6 is 0 Å². The Hall–Kier alpha value is -1.33. The summed E-state index contributed by atoms with van der Waals surface area (Å²) >= 11 is 0. The Kier molecular flexibility index (Phi) is 5.73. The van der Waals surface area contributed by atoms with Gasteiger partial charge in [0.15, 0.2) is 11.6 Å². The van der Waals surface area contributed by atoms with Gasteiger partial charge in [0.05, 0.1) is 6.10 Å². The number of aromatic nitrogens is 1. The van der Waals surface area contributed by atoms with Crippen LogP contribution in [0.25, 0.3) is 0 Å². The highest BCUT2D eigenvalue weighted by atomic mass is 16.5. The Balaban J connectivity index is 1.52. The topological polar surface area (TPSA) is 48.8 Å². The zero-order valence-electron chi connectivity index (χ0n) is 14.2. The number of anilines is 1. The molecule has 0 amide bonds. The van der Waals surface area contributed by atoms with Gasteiger partial charge < -0.3 is 14.7 Å². The summed E-state index contributed by atoms with van der Waals surface area (Å²) in [6, 6.07) is 4.01. The van der Waals surface area contributed by atoms with E-state index in [0.717, 1.165) is 63.6 Å². The van der Waals surface area contributed by atoms with Crippen molar-refractivity contribution in [2.45, 2.75) is 51.2 Å². The molecule has 0 radical (unpaired) electrons. The summed E-state index contributed by atoms with van der Waals surface area (Å²) in [5.41, 5.74) is 0. The van der Waals surface area contributed by atoms with Gasteiger partial charge in [-0.05, 0) is 57.7 Å². The molecule has 1 aromatic rings. The second-order valence-corrected chi connectivity index (χ2v) is 6.84. The van der Waals surface area contributed by atoms with E-state index in [-0.39, 0.29) is 12.2 Å². The van der Waals surface area contributed by atoms with Crippen LogP contribution < -0.4 is 9.64 Å². The van der Waals surface area contributed by atoms with Crippen LogP contribution in [0.1, 0.15) is 39.0 Å². The first kappa shape index (κ1) is 16.5. The van der Waals surface area contributed by atoms with Crippen molar-refractivity contribution in [1.29, 1.82) is 0 Å². The van der Waals surface area contributed by atoms with E-state index in [1.807, 2.05) is 19.2 Å². The van der Waals surface area contributed by atoms with Crippen molar-refractivity contribution in [3.05, 3.63) is 18.3 Å². The van der Waals surface area contributed by atoms with E-state index in [4.69, 9.17) is 4.74 Å². The van der Waals surface area contributed by atoms with Crippen LogP contribution in [0.5, 0.6) is 5.75 Å². The molecule has 5 nitrogen and oxygen atoms in total. The van der Waals surface area contributed by atoms with Crippen LogP contribution in [-0.2, 0) is 0 Å². The molecule has 1 N–H and O–H groups in total. The van der Waals surface area contributed by atoms with Gasteiger partial charge in [0.1, 0.15) is 6.10 Å². The third-order valence-corrected chi connectivity index (χ3v) is 4.78. The standard InChI is InChI=1S/C18H29N3O2/c1-15(22)6-5-10-20-13-8-16(14-20)23-17-7-4-9-19-18(17)21-11-2-3-12-21/h4,7,9,15-16,22H,2-3,5-6,8,10-14H2,1H3/t15-,16-/m1/s1. The molecule has 128 valence electrons. The van der Waals surface area contributed by atoms with Crippen LogP contribution in [0.15, 0.2) is 18.3 Å². The molecule has 2 atom stereocenters. The summed E-state index contributed by atoms with van der Waals surface area (Å²) in [5, 5.41) is 9.35. The zero-order valence-corrected chi connectivity index (χ0v) is 14.2. The second kappa shape index (κ2) is 7.97. The summed E-state index contributed by atoms with van der Waals surface area (Å²) in [5.74, 6) is 1.95. The summed E-state index contributed by atoms with van der Waals surface area (Å²) in [7, 11) is 0. The maximum atomic E-state index is 9.35. The highest BCUT2D eigenvalue weighted by Crippen LogP contribution is 2.30. The van der Waals surface area contributed by atoms with E-state index >= 15 is 0 Å². The van der Waals surface area contributed by atoms with E-state index in [9.17, 15) is 5.11 Å². The van der Waals surface area contributed by atoms with Gasteiger partial charge in [0.25, 0.3) is 0 Å². The molecule has 1 aromatic heterocycles.